The van der Waals surface area contributed by atoms with E-state index in [1.807, 2.05) is 0 Å². The molecule has 172 valence electrons. The average molecular weight is 454 g/mol. The van der Waals surface area contributed by atoms with Crippen LogP contribution >= 0.6 is 0 Å². The zero-order chi connectivity index (χ0) is 23.6. The van der Waals surface area contributed by atoms with Gasteiger partial charge >= 0.3 is 11.9 Å². The smallest absolute Gasteiger partial charge is 0.343 e. The highest BCUT2D eigenvalue weighted by molar-refractivity contribution is 5.94. The number of carbonyl (C=O) groups excluding carboxylic acids is 2. The summed E-state index contributed by atoms with van der Waals surface area (Å²) in [6.45, 7) is 0.0264. The predicted octanol–water partition coefficient (Wildman–Crippen LogP) is 3.80. The number of para-hydroxylation sites is 1. The van der Waals surface area contributed by atoms with Crippen molar-refractivity contribution in [2.45, 2.75) is 0 Å². The van der Waals surface area contributed by atoms with Crippen LogP contribution in [-0.2, 0) is 9.47 Å². The Morgan fingerprint density at radius 1 is 0.727 bits per heavy atom. The molecule has 0 spiro atoms. The van der Waals surface area contributed by atoms with Gasteiger partial charge in [-0.1, -0.05) is 18.2 Å². The Balaban J connectivity index is 1.78. The van der Waals surface area contributed by atoms with Gasteiger partial charge in [-0.2, -0.15) is 0 Å². The molecule has 0 amide bonds. The highest BCUT2D eigenvalue weighted by Gasteiger charge is 2.20. The molecule has 0 heterocycles. The molecular weight excluding hydrogens is 432 g/mol. The Kier molecular flexibility index (Phi) is 8.23. The first-order chi connectivity index (χ1) is 16.0. The quantitative estimate of drug-likeness (QED) is 0.278. The number of methoxy groups -OCH3 is 2. The summed E-state index contributed by atoms with van der Waals surface area (Å²) in [4.78, 5) is 25.3. The Hall–Kier alpha value is -4.08. The number of benzene rings is 3. The van der Waals surface area contributed by atoms with E-state index in [-0.39, 0.29) is 42.0 Å². The summed E-state index contributed by atoms with van der Waals surface area (Å²) in [6.07, 6.45) is 0. The Bertz CT molecular complexity index is 1110. The van der Waals surface area contributed by atoms with Crippen LogP contribution in [0.25, 0.3) is 0 Å². The van der Waals surface area contributed by atoms with Crippen LogP contribution in [0.5, 0.6) is 28.7 Å². The monoisotopic (exact) mass is 454 g/mol. The van der Waals surface area contributed by atoms with Gasteiger partial charge in [0.15, 0.2) is 25.1 Å². The van der Waals surface area contributed by atoms with Gasteiger partial charge in [0.2, 0.25) is 5.75 Å². The maximum atomic E-state index is 12.7. The molecule has 9 nitrogen and oxygen atoms in total. The van der Waals surface area contributed by atoms with E-state index in [0.29, 0.717) is 11.5 Å². The van der Waals surface area contributed by atoms with Crippen molar-refractivity contribution < 1.29 is 43.1 Å². The molecule has 0 unspecified atom stereocenters. The number of hydrogen-bond acceptors (Lipinski definition) is 9. The molecular formula is C24H22O9. The molecule has 0 saturated heterocycles. The number of esters is 2. The molecule has 0 aliphatic heterocycles. The zero-order valence-electron chi connectivity index (χ0n) is 18.0. The molecule has 0 aliphatic carbocycles. The summed E-state index contributed by atoms with van der Waals surface area (Å²) in [6, 6.07) is 16.6. The van der Waals surface area contributed by atoms with Crippen LogP contribution in [0.3, 0.4) is 0 Å². The molecule has 0 aromatic heterocycles. The lowest BCUT2D eigenvalue weighted by Crippen LogP contribution is -2.13. The molecule has 0 aliphatic rings. The molecule has 0 fully saturated rings. The number of carbonyl (C=O) groups is 2. The third-order valence-electron chi connectivity index (χ3n) is 4.18. The summed E-state index contributed by atoms with van der Waals surface area (Å²) in [7, 11) is 2.95. The van der Waals surface area contributed by atoms with E-state index < -0.39 is 11.9 Å². The second-order valence-corrected chi connectivity index (χ2v) is 6.54. The maximum Gasteiger partial charge on any atom is 0.343 e. The Morgan fingerprint density at radius 3 is 1.79 bits per heavy atom. The number of rotatable bonds is 10. The molecule has 0 radical (unpaired) electrons. The molecule has 3 aromatic carbocycles. The molecule has 0 atom stereocenters. The third kappa shape index (κ3) is 6.45. The summed E-state index contributed by atoms with van der Waals surface area (Å²) >= 11 is 0. The van der Waals surface area contributed by atoms with Gasteiger partial charge in [-0.25, -0.2) is 9.59 Å². The number of phenols is 1. The molecule has 0 bridgehead atoms. The lowest BCUT2D eigenvalue weighted by Gasteiger charge is -2.13. The predicted molar refractivity (Wildman–Crippen MR) is 116 cm³/mol. The van der Waals surface area contributed by atoms with E-state index in [0.717, 1.165) is 0 Å². The fourth-order valence-corrected chi connectivity index (χ4v) is 2.68. The molecule has 0 saturated carbocycles. The first-order valence-corrected chi connectivity index (χ1v) is 9.71. The third-order valence-corrected chi connectivity index (χ3v) is 4.18. The highest BCUT2D eigenvalue weighted by atomic mass is 16.7. The van der Waals surface area contributed by atoms with E-state index in [9.17, 15) is 14.7 Å². The van der Waals surface area contributed by atoms with Gasteiger partial charge in [-0.15, -0.1) is 0 Å². The van der Waals surface area contributed by atoms with E-state index in [1.54, 1.807) is 24.3 Å². The second kappa shape index (κ2) is 11.5. The van der Waals surface area contributed by atoms with E-state index in [1.165, 1.54) is 56.7 Å². The van der Waals surface area contributed by atoms with Crippen molar-refractivity contribution in [2.75, 3.05) is 27.8 Å². The lowest BCUT2D eigenvalue weighted by atomic mass is 10.2. The minimum atomic E-state index is -0.786. The lowest BCUT2D eigenvalue weighted by molar-refractivity contribution is 0.0506. The van der Waals surface area contributed by atoms with Crippen molar-refractivity contribution >= 4 is 11.9 Å². The summed E-state index contributed by atoms with van der Waals surface area (Å²) in [5.74, 6) is -1.54. The summed E-state index contributed by atoms with van der Waals surface area (Å²) < 4.78 is 31.0. The number of ether oxygens (including phenoxy) is 6. The summed E-state index contributed by atoms with van der Waals surface area (Å²) in [5, 5.41) is 10.2. The van der Waals surface area contributed by atoms with Gasteiger partial charge in [0.05, 0.1) is 11.1 Å². The molecule has 9 heteroatoms. The minimum absolute atomic E-state index is 0.00971. The van der Waals surface area contributed by atoms with E-state index in [4.69, 9.17) is 28.4 Å². The molecule has 33 heavy (non-hydrogen) atoms. The van der Waals surface area contributed by atoms with Gasteiger partial charge in [-0.3, -0.25) is 0 Å². The normalized spacial score (nSPS) is 10.4. The standard InChI is InChI=1S/C24H22O9/c1-28-14-30-18-8-3-6-16(12-18)23(26)32-21-11-5-10-20(25)22(21)33-24(27)17-7-4-9-19(13-17)31-15-29-2/h3-13,25H,14-15H2,1-2H3. The van der Waals surface area contributed by atoms with Gasteiger partial charge in [0.25, 0.3) is 0 Å². The van der Waals surface area contributed by atoms with Crippen LogP contribution in [0.15, 0.2) is 66.7 Å². The SMILES string of the molecule is COCOc1cccc(C(=O)Oc2cccc(O)c2OC(=O)c2cccc(OCOC)c2)c1. The zero-order valence-corrected chi connectivity index (χ0v) is 18.0. The number of phenolic OH excluding ortho intramolecular Hbond substituents is 1. The Labute approximate surface area is 190 Å². The highest BCUT2D eigenvalue weighted by Crippen LogP contribution is 2.37. The largest absolute Gasteiger partial charge is 0.504 e. The van der Waals surface area contributed by atoms with Crippen molar-refractivity contribution in [3.63, 3.8) is 0 Å². The first-order valence-electron chi connectivity index (χ1n) is 9.71. The number of hydrogen-bond donors (Lipinski definition) is 1. The fraction of sp³-hybridized carbons (Fsp3) is 0.167. The van der Waals surface area contributed by atoms with Crippen molar-refractivity contribution in [1.82, 2.24) is 0 Å². The van der Waals surface area contributed by atoms with Crippen LogP contribution in [0.4, 0.5) is 0 Å². The topological polar surface area (TPSA) is 110 Å². The van der Waals surface area contributed by atoms with Gasteiger partial charge in [0.1, 0.15) is 11.5 Å². The molecule has 3 rings (SSSR count). The molecule has 3 aromatic rings. The maximum absolute atomic E-state index is 12.7. The second-order valence-electron chi connectivity index (χ2n) is 6.54. The van der Waals surface area contributed by atoms with Crippen molar-refractivity contribution in [3.8, 4) is 28.7 Å². The first kappa shape index (κ1) is 23.6. The number of aromatic hydroxyl groups is 1. The fourth-order valence-electron chi connectivity index (χ4n) is 2.68. The van der Waals surface area contributed by atoms with Crippen LogP contribution in [0.2, 0.25) is 0 Å². The summed E-state index contributed by atoms with van der Waals surface area (Å²) in [5.41, 5.74) is 0.347. The van der Waals surface area contributed by atoms with Gasteiger partial charge in [0, 0.05) is 14.2 Å². The van der Waals surface area contributed by atoms with Gasteiger partial charge < -0.3 is 33.5 Å². The van der Waals surface area contributed by atoms with Crippen molar-refractivity contribution in [2.24, 2.45) is 0 Å². The van der Waals surface area contributed by atoms with Gasteiger partial charge in [-0.05, 0) is 48.5 Å². The van der Waals surface area contributed by atoms with E-state index >= 15 is 0 Å². The minimum Gasteiger partial charge on any atom is -0.504 e. The Morgan fingerprint density at radius 2 is 1.24 bits per heavy atom. The average Bonchev–Trinajstić information content (AvgIpc) is 2.83. The van der Waals surface area contributed by atoms with Crippen LogP contribution in [0.1, 0.15) is 20.7 Å². The van der Waals surface area contributed by atoms with Crippen molar-refractivity contribution in [1.29, 1.82) is 0 Å². The van der Waals surface area contributed by atoms with Crippen LogP contribution < -0.4 is 18.9 Å². The van der Waals surface area contributed by atoms with Crippen molar-refractivity contribution in [3.05, 3.63) is 77.9 Å². The molecule has 1 N–H and O–H groups in total. The van der Waals surface area contributed by atoms with Crippen LogP contribution in [0, 0.1) is 0 Å². The van der Waals surface area contributed by atoms with E-state index in [2.05, 4.69) is 0 Å². The van der Waals surface area contributed by atoms with Crippen LogP contribution in [-0.4, -0.2) is 44.9 Å².